The molecule has 1 aliphatic heterocycles. The third kappa shape index (κ3) is 6.08. The average Bonchev–Trinajstić information content (AvgIpc) is 3.49. The number of aliphatic imine (C=N–C) groups is 1. The number of thiophene rings is 1. The van der Waals surface area contributed by atoms with E-state index >= 15 is 0 Å². The molecule has 0 radical (unpaired) electrons. The van der Waals surface area contributed by atoms with Crippen LogP contribution in [0.3, 0.4) is 0 Å². The van der Waals surface area contributed by atoms with E-state index in [4.69, 9.17) is 0 Å². The number of benzene rings is 1. The summed E-state index contributed by atoms with van der Waals surface area (Å²) in [4.78, 5) is 8.39. The fourth-order valence-corrected chi connectivity index (χ4v) is 5.23. The van der Waals surface area contributed by atoms with Crippen molar-refractivity contribution in [3.63, 3.8) is 0 Å². The molecule has 0 bridgehead atoms. The Bertz CT molecular complexity index is 941. The number of nitrogens with one attached hydrogen (secondary N) is 2. The van der Waals surface area contributed by atoms with E-state index in [1.54, 1.807) is 6.20 Å². The van der Waals surface area contributed by atoms with Crippen LogP contribution < -0.4 is 10.6 Å². The first kappa shape index (κ1) is 23.7. The number of aromatic nitrogens is 2. The Kier molecular flexibility index (Phi) is 8.91. The van der Waals surface area contributed by atoms with Gasteiger partial charge in [0.15, 0.2) is 5.96 Å². The molecule has 2 unspecified atom stereocenters. The second kappa shape index (κ2) is 11.6. The number of hydrogen-bond donors (Lipinski definition) is 2. The van der Waals surface area contributed by atoms with Gasteiger partial charge in [0.05, 0.1) is 5.69 Å². The summed E-state index contributed by atoms with van der Waals surface area (Å²) >= 11 is 1.86. The average molecular weight is 551 g/mol. The lowest BCUT2D eigenvalue weighted by Crippen LogP contribution is -2.44. The van der Waals surface area contributed by atoms with Gasteiger partial charge in [-0.15, -0.1) is 35.3 Å². The lowest BCUT2D eigenvalue weighted by Gasteiger charge is -2.39. The van der Waals surface area contributed by atoms with Crippen LogP contribution in [0.2, 0.25) is 0 Å². The zero-order valence-corrected chi connectivity index (χ0v) is 21.2. The van der Waals surface area contributed by atoms with Crippen molar-refractivity contribution in [2.24, 2.45) is 10.9 Å². The van der Waals surface area contributed by atoms with E-state index in [2.05, 4.69) is 74.5 Å². The molecule has 1 aromatic carbocycles. The monoisotopic (exact) mass is 550 g/mol. The van der Waals surface area contributed by atoms with Crippen molar-refractivity contribution in [2.75, 3.05) is 27.2 Å². The molecule has 2 atom stereocenters. The summed E-state index contributed by atoms with van der Waals surface area (Å²) in [7, 11) is 4.08. The second-order valence-electron chi connectivity index (χ2n) is 7.77. The van der Waals surface area contributed by atoms with Gasteiger partial charge in [-0.05, 0) is 67.6 Å². The Morgan fingerprint density at radius 1 is 1.23 bits per heavy atom. The van der Waals surface area contributed by atoms with Crippen LogP contribution in [0.1, 0.15) is 29.3 Å². The van der Waals surface area contributed by atoms with Crippen molar-refractivity contribution in [1.82, 2.24) is 25.3 Å². The molecular weight excluding hydrogens is 519 g/mol. The first-order valence-corrected chi connectivity index (χ1v) is 11.4. The summed E-state index contributed by atoms with van der Waals surface area (Å²) in [5, 5.41) is 13.5. The van der Waals surface area contributed by atoms with E-state index in [0.717, 1.165) is 18.2 Å². The highest BCUT2D eigenvalue weighted by atomic mass is 127. The van der Waals surface area contributed by atoms with Crippen molar-refractivity contribution >= 4 is 41.3 Å². The third-order valence-corrected chi connectivity index (χ3v) is 6.68. The van der Waals surface area contributed by atoms with Crippen molar-refractivity contribution in [2.45, 2.75) is 25.4 Å². The van der Waals surface area contributed by atoms with Gasteiger partial charge in [-0.25, -0.2) is 4.68 Å². The predicted octanol–water partition coefficient (Wildman–Crippen LogP) is 4.30. The second-order valence-corrected chi connectivity index (χ2v) is 8.75. The fraction of sp³-hybridized carbons (Fsp3) is 0.391. The van der Waals surface area contributed by atoms with E-state index in [1.165, 1.54) is 29.8 Å². The van der Waals surface area contributed by atoms with Crippen molar-refractivity contribution in [3.05, 3.63) is 70.7 Å². The number of likely N-dealkylation sites (tertiary alicyclic amines) is 1. The Morgan fingerprint density at radius 3 is 2.87 bits per heavy atom. The van der Waals surface area contributed by atoms with Gasteiger partial charge in [0.2, 0.25) is 0 Å². The maximum atomic E-state index is 4.43. The van der Waals surface area contributed by atoms with Gasteiger partial charge in [-0.1, -0.05) is 18.2 Å². The number of hydrogen-bond acceptors (Lipinski definition) is 4. The minimum absolute atomic E-state index is 0. The van der Waals surface area contributed by atoms with Crippen LogP contribution in [0, 0.1) is 5.92 Å². The fourth-order valence-electron chi connectivity index (χ4n) is 4.25. The summed E-state index contributed by atoms with van der Waals surface area (Å²) in [5.41, 5.74) is 2.26. The Morgan fingerprint density at radius 2 is 2.13 bits per heavy atom. The van der Waals surface area contributed by atoms with Crippen LogP contribution in [-0.4, -0.2) is 47.8 Å². The van der Waals surface area contributed by atoms with Gasteiger partial charge in [0.1, 0.15) is 0 Å². The molecule has 8 heteroatoms. The molecule has 3 aromatic rings. The van der Waals surface area contributed by atoms with Gasteiger partial charge in [-0.3, -0.25) is 9.89 Å². The van der Waals surface area contributed by atoms with Crippen LogP contribution in [0.25, 0.3) is 5.69 Å². The van der Waals surface area contributed by atoms with Gasteiger partial charge >= 0.3 is 0 Å². The van der Waals surface area contributed by atoms with Crippen LogP contribution in [0.4, 0.5) is 0 Å². The van der Waals surface area contributed by atoms with Gasteiger partial charge in [0.25, 0.3) is 0 Å². The zero-order chi connectivity index (χ0) is 20.8. The maximum absolute atomic E-state index is 4.43. The standard InChI is InChI=1S/C23H30N6S.HI/c1-24-23(25-16-18-7-3-9-20(15-18)29-13-6-11-27-29)26-17-19-8-4-12-28(2)22(19)21-10-5-14-30-21;/h3,5-7,9-11,13-15,19,22H,4,8,12,16-17H2,1-2H3,(H2,24,25,26);1H. The van der Waals surface area contributed by atoms with E-state index < -0.39 is 0 Å². The molecule has 1 fully saturated rings. The first-order chi connectivity index (χ1) is 14.7. The molecule has 0 spiro atoms. The number of guanidine groups is 1. The first-order valence-electron chi connectivity index (χ1n) is 10.5. The Labute approximate surface area is 205 Å². The van der Waals surface area contributed by atoms with E-state index in [0.29, 0.717) is 18.5 Å². The van der Waals surface area contributed by atoms with Gasteiger partial charge in [-0.2, -0.15) is 5.10 Å². The molecule has 31 heavy (non-hydrogen) atoms. The molecule has 0 aliphatic carbocycles. The zero-order valence-electron chi connectivity index (χ0n) is 18.1. The third-order valence-electron chi connectivity index (χ3n) is 5.74. The minimum Gasteiger partial charge on any atom is -0.356 e. The largest absolute Gasteiger partial charge is 0.356 e. The van der Waals surface area contributed by atoms with Crippen molar-refractivity contribution in [1.29, 1.82) is 0 Å². The molecule has 2 N–H and O–H groups in total. The number of piperidine rings is 1. The minimum atomic E-state index is 0. The SMILES string of the molecule is CN=C(NCc1cccc(-n2cccn2)c1)NCC1CCCN(C)C1c1cccs1.I. The molecule has 4 rings (SSSR count). The molecule has 166 valence electrons. The quantitative estimate of drug-likeness (QED) is 0.273. The highest BCUT2D eigenvalue weighted by Gasteiger charge is 2.31. The maximum Gasteiger partial charge on any atom is 0.191 e. The summed E-state index contributed by atoms with van der Waals surface area (Å²) in [6.45, 7) is 2.80. The number of halogens is 1. The van der Waals surface area contributed by atoms with Crippen LogP contribution in [0.5, 0.6) is 0 Å². The van der Waals surface area contributed by atoms with E-state index in [1.807, 2.05) is 35.3 Å². The normalized spacial score (nSPS) is 19.6. The topological polar surface area (TPSA) is 57.5 Å². The Hall–Kier alpha value is -1.91. The summed E-state index contributed by atoms with van der Waals surface area (Å²) in [5.74, 6) is 1.42. The van der Waals surface area contributed by atoms with Gasteiger partial charge < -0.3 is 10.6 Å². The smallest absolute Gasteiger partial charge is 0.191 e. The summed E-state index contributed by atoms with van der Waals surface area (Å²) in [6.07, 6.45) is 6.24. The number of rotatable bonds is 6. The van der Waals surface area contributed by atoms with Crippen molar-refractivity contribution < 1.29 is 0 Å². The molecule has 3 heterocycles. The molecule has 1 aliphatic rings. The lowest BCUT2D eigenvalue weighted by atomic mass is 9.88. The summed E-state index contributed by atoms with van der Waals surface area (Å²) in [6, 6.07) is 15.2. The predicted molar refractivity (Wildman–Crippen MR) is 140 cm³/mol. The van der Waals surface area contributed by atoms with Crippen molar-refractivity contribution in [3.8, 4) is 5.69 Å². The van der Waals surface area contributed by atoms with E-state index in [9.17, 15) is 0 Å². The number of nitrogens with zero attached hydrogens (tertiary/aromatic N) is 4. The highest BCUT2D eigenvalue weighted by Crippen LogP contribution is 2.36. The lowest BCUT2D eigenvalue weighted by molar-refractivity contribution is 0.125. The van der Waals surface area contributed by atoms with Crippen LogP contribution in [0.15, 0.2) is 65.2 Å². The molecule has 0 amide bonds. The van der Waals surface area contributed by atoms with Gasteiger partial charge in [0, 0.05) is 43.4 Å². The highest BCUT2D eigenvalue weighted by molar-refractivity contribution is 14.0. The summed E-state index contributed by atoms with van der Waals surface area (Å²) < 4.78 is 1.88. The molecule has 2 aromatic heterocycles. The molecule has 6 nitrogen and oxygen atoms in total. The molecule has 1 saturated heterocycles. The van der Waals surface area contributed by atoms with E-state index in [-0.39, 0.29) is 24.0 Å². The molecule has 0 saturated carbocycles. The van der Waals surface area contributed by atoms with Crippen LogP contribution >= 0.6 is 35.3 Å². The Balaban J connectivity index is 0.00000272. The van der Waals surface area contributed by atoms with Crippen LogP contribution in [-0.2, 0) is 6.54 Å². The molecular formula is C23H31IN6S.